The second-order valence-corrected chi connectivity index (χ2v) is 4.23. The summed E-state index contributed by atoms with van der Waals surface area (Å²) in [4.78, 5) is 17.4. The maximum Gasteiger partial charge on any atom is 0.273 e. The summed E-state index contributed by atoms with van der Waals surface area (Å²) < 4.78 is 0. The van der Waals surface area contributed by atoms with Gasteiger partial charge in [0.25, 0.3) is 5.91 Å². The molecule has 6 nitrogen and oxygen atoms in total. The van der Waals surface area contributed by atoms with Gasteiger partial charge in [-0.05, 0) is 0 Å². The van der Waals surface area contributed by atoms with Gasteiger partial charge >= 0.3 is 0 Å². The van der Waals surface area contributed by atoms with Crippen LogP contribution in [0.5, 0.6) is 0 Å². The Balaban J connectivity index is 2.05. The van der Waals surface area contributed by atoms with Crippen LogP contribution in [0, 0.1) is 0 Å². The number of anilines is 1. The van der Waals surface area contributed by atoms with Crippen molar-refractivity contribution in [3.63, 3.8) is 0 Å². The molecule has 0 saturated carbocycles. The van der Waals surface area contributed by atoms with E-state index in [9.17, 15) is 4.79 Å². The third kappa shape index (κ3) is 2.19. The first-order valence-corrected chi connectivity index (χ1v) is 5.49. The van der Waals surface area contributed by atoms with Crippen molar-refractivity contribution < 1.29 is 4.79 Å². The lowest BCUT2D eigenvalue weighted by Crippen LogP contribution is -2.26. The predicted molar refractivity (Wildman–Crippen MR) is 60.9 cm³/mol. The first-order chi connectivity index (χ1) is 7.66. The highest BCUT2D eigenvalue weighted by Gasteiger charge is 2.15. The lowest BCUT2D eigenvalue weighted by molar-refractivity contribution is 0.0780. The highest BCUT2D eigenvalue weighted by atomic mass is 32.1. The number of hydrogen-bond donors (Lipinski definition) is 2. The molecule has 2 heterocycles. The Morgan fingerprint density at radius 2 is 2.50 bits per heavy atom. The molecular weight excluding hydrogens is 226 g/mol. The smallest absolute Gasteiger partial charge is 0.273 e. The van der Waals surface area contributed by atoms with Gasteiger partial charge in [-0.25, -0.2) is 4.98 Å². The highest BCUT2D eigenvalue weighted by molar-refractivity contribution is 7.13. The number of aromatic amines is 1. The first-order valence-electron chi connectivity index (χ1n) is 4.61. The molecule has 0 saturated heterocycles. The molecule has 0 aliphatic carbocycles. The first kappa shape index (κ1) is 10.6. The number of nitrogens with zero attached hydrogens (tertiary/aromatic N) is 3. The van der Waals surface area contributed by atoms with Crippen molar-refractivity contribution in [2.24, 2.45) is 0 Å². The number of H-pyrrole nitrogens is 1. The largest absolute Gasteiger partial charge is 0.375 e. The van der Waals surface area contributed by atoms with E-state index >= 15 is 0 Å². The lowest BCUT2D eigenvalue weighted by Gasteiger charge is -2.14. The van der Waals surface area contributed by atoms with E-state index in [0.717, 1.165) is 5.56 Å². The number of hydrogen-bond acceptors (Lipinski definition) is 5. The number of rotatable bonds is 3. The topological polar surface area (TPSA) is 87.9 Å². The van der Waals surface area contributed by atoms with Crippen molar-refractivity contribution in [2.75, 3.05) is 12.8 Å². The van der Waals surface area contributed by atoms with Crippen LogP contribution in [-0.4, -0.2) is 33.0 Å². The molecule has 0 aromatic carbocycles. The highest BCUT2D eigenvalue weighted by Crippen LogP contribution is 2.13. The Morgan fingerprint density at radius 1 is 1.69 bits per heavy atom. The maximum atomic E-state index is 11.9. The summed E-state index contributed by atoms with van der Waals surface area (Å²) in [6.07, 6.45) is 3.43. The zero-order valence-corrected chi connectivity index (χ0v) is 9.49. The molecule has 0 atom stereocenters. The van der Waals surface area contributed by atoms with Gasteiger partial charge in [-0.1, -0.05) is 0 Å². The number of nitrogen functional groups attached to an aromatic ring is 1. The van der Waals surface area contributed by atoms with Gasteiger partial charge in [-0.15, -0.1) is 11.3 Å². The number of carbonyl (C=O) groups is 1. The minimum absolute atomic E-state index is 0.144. The van der Waals surface area contributed by atoms with Crippen LogP contribution < -0.4 is 5.73 Å². The van der Waals surface area contributed by atoms with E-state index in [4.69, 9.17) is 5.73 Å². The van der Waals surface area contributed by atoms with Crippen LogP contribution in [0.15, 0.2) is 17.8 Å². The summed E-state index contributed by atoms with van der Waals surface area (Å²) in [6, 6.07) is 0. The van der Waals surface area contributed by atoms with E-state index in [1.807, 2.05) is 0 Å². The molecule has 2 aromatic heterocycles. The molecule has 0 unspecified atom stereocenters. The SMILES string of the molecule is CN(Cc1cn[nH]c1)C(=O)c1csc(N)n1. The van der Waals surface area contributed by atoms with Crippen LogP contribution in [-0.2, 0) is 6.54 Å². The summed E-state index contributed by atoms with van der Waals surface area (Å²) in [5.74, 6) is -0.144. The van der Waals surface area contributed by atoms with Gasteiger partial charge in [-0.3, -0.25) is 9.89 Å². The molecule has 0 fully saturated rings. The van der Waals surface area contributed by atoms with Gasteiger partial charge in [0.1, 0.15) is 5.69 Å². The van der Waals surface area contributed by atoms with Gasteiger partial charge in [0.15, 0.2) is 5.13 Å². The van der Waals surface area contributed by atoms with Crippen molar-refractivity contribution in [2.45, 2.75) is 6.54 Å². The predicted octanol–water partition coefficient (Wildman–Crippen LogP) is 0.721. The summed E-state index contributed by atoms with van der Waals surface area (Å²) in [7, 11) is 1.71. The molecule has 1 amide bonds. The van der Waals surface area contributed by atoms with E-state index in [1.165, 1.54) is 11.3 Å². The van der Waals surface area contributed by atoms with Crippen molar-refractivity contribution in [1.82, 2.24) is 20.1 Å². The monoisotopic (exact) mass is 237 g/mol. The molecule has 3 N–H and O–H groups in total. The molecule has 2 aromatic rings. The van der Waals surface area contributed by atoms with Gasteiger partial charge in [0, 0.05) is 30.7 Å². The molecule has 16 heavy (non-hydrogen) atoms. The third-order valence-electron chi connectivity index (χ3n) is 2.06. The van der Waals surface area contributed by atoms with Crippen LogP contribution in [0.25, 0.3) is 0 Å². The average molecular weight is 237 g/mol. The fraction of sp³-hybridized carbons (Fsp3) is 0.222. The lowest BCUT2D eigenvalue weighted by atomic mass is 10.3. The maximum absolute atomic E-state index is 11.9. The Kier molecular flexibility index (Phi) is 2.86. The summed E-state index contributed by atoms with van der Waals surface area (Å²) in [5, 5.41) is 8.57. The minimum Gasteiger partial charge on any atom is -0.375 e. The standard InChI is InChI=1S/C9H11N5OS/c1-14(4-6-2-11-12-3-6)8(15)7-5-16-9(10)13-7/h2-3,5H,4H2,1H3,(H2,10,13)(H,11,12). The second kappa shape index (κ2) is 4.31. The Labute approximate surface area is 96.1 Å². The molecule has 0 aliphatic heterocycles. The number of nitrogens with one attached hydrogen (secondary N) is 1. The van der Waals surface area contributed by atoms with Crippen LogP contribution >= 0.6 is 11.3 Å². The Bertz CT molecular complexity index is 478. The fourth-order valence-corrected chi connectivity index (χ4v) is 1.83. The summed E-state index contributed by atoms with van der Waals surface area (Å²) in [5.41, 5.74) is 6.80. The van der Waals surface area contributed by atoms with E-state index in [0.29, 0.717) is 17.4 Å². The molecular formula is C9H11N5OS. The molecule has 0 bridgehead atoms. The normalized spacial score (nSPS) is 10.3. The summed E-state index contributed by atoms with van der Waals surface area (Å²) >= 11 is 1.26. The molecule has 2 rings (SSSR count). The number of thiazole rings is 1. The number of nitrogens with two attached hydrogens (primary N) is 1. The Morgan fingerprint density at radius 3 is 3.06 bits per heavy atom. The zero-order valence-electron chi connectivity index (χ0n) is 8.67. The van der Waals surface area contributed by atoms with Crippen molar-refractivity contribution in [3.05, 3.63) is 29.0 Å². The average Bonchev–Trinajstić information content (AvgIpc) is 2.88. The minimum atomic E-state index is -0.144. The number of carbonyl (C=O) groups excluding carboxylic acids is 1. The van der Waals surface area contributed by atoms with Gasteiger partial charge in [0.2, 0.25) is 0 Å². The number of aromatic nitrogens is 3. The van der Waals surface area contributed by atoms with Crippen molar-refractivity contribution >= 4 is 22.4 Å². The van der Waals surface area contributed by atoms with Crippen LogP contribution in [0.1, 0.15) is 16.1 Å². The molecule has 0 aliphatic rings. The van der Waals surface area contributed by atoms with Gasteiger partial charge < -0.3 is 10.6 Å². The Hall–Kier alpha value is -1.89. The van der Waals surface area contributed by atoms with E-state index in [2.05, 4.69) is 15.2 Å². The van der Waals surface area contributed by atoms with Crippen molar-refractivity contribution in [3.8, 4) is 0 Å². The molecule has 7 heteroatoms. The third-order valence-corrected chi connectivity index (χ3v) is 2.74. The quantitative estimate of drug-likeness (QED) is 0.823. The number of amides is 1. The fourth-order valence-electron chi connectivity index (χ4n) is 1.29. The van der Waals surface area contributed by atoms with E-state index < -0.39 is 0 Å². The molecule has 0 spiro atoms. The zero-order chi connectivity index (χ0) is 11.5. The van der Waals surface area contributed by atoms with E-state index in [1.54, 1.807) is 29.7 Å². The van der Waals surface area contributed by atoms with Crippen molar-refractivity contribution in [1.29, 1.82) is 0 Å². The summed E-state index contributed by atoms with van der Waals surface area (Å²) in [6.45, 7) is 0.493. The van der Waals surface area contributed by atoms with E-state index in [-0.39, 0.29) is 5.91 Å². The second-order valence-electron chi connectivity index (χ2n) is 3.34. The van der Waals surface area contributed by atoms with Crippen LogP contribution in [0.3, 0.4) is 0 Å². The van der Waals surface area contributed by atoms with Gasteiger partial charge in [-0.2, -0.15) is 5.10 Å². The molecule has 84 valence electrons. The molecule has 0 radical (unpaired) electrons. The van der Waals surface area contributed by atoms with Crippen LogP contribution in [0.2, 0.25) is 0 Å². The van der Waals surface area contributed by atoms with Gasteiger partial charge in [0.05, 0.1) is 6.20 Å². The van der Waals surface area contributed by atoms with Crippen LogP contribution in [0.4, 0.5) is 5.13 Å².